The van der Waals surface area contributed by atoms with E-state index in [1.807, 2.05) is 12.1 Å². The third kappa shape index (κ3) is 4.56. The highest BCUT2D eigenvalue weighted by Gasteiger charge is 2.35. The summed E-state index contributed by atoms with van der Waals surface area (Å²) in [6.07, 6.45) is 0. The standard InChI is InChI=1S/C45H32N2/c1-45(2)40-16-10-9-15-37(40)39-27-38-34(26-41(39)45)22-21-33-25-35(23-24-36(33)38)43-28-42(31-13-7-4-8-14-31)46-44(47-43)32-19-17-30(18-20-32)29-11-5-3-6-12-29/h3-28H,1-2H3. The monoisotopic (exact) mass is 600 g/mol. The van der Waals surface area contributed by atoms with Gasteiger partial charge in [0.1, 0.15) is 0 Å². The maximum atomic E-state index is 5.15. The average Bonchev–Trinajstić information content (AvgIpc) is 3.36. The van der Waals surface area contributed by atoms with Crippen LogP contribution in [0.1, 0.15) is 25.0 Å². The van der Waals surface area contributed by atoms with Crippen LogP contribution in [0.15, 0.2) is 158 Å². The highest BCUT2D eigenvalue weighted by molar-refractivity contribution is 6.10. The number of rotatable bonds is 4. The second-order valence-corrected chi connectivity index (χ2v) is 13.1. The average molecular weight is 601 g/mol. The SMILES string of the molecule is CC1(C)c2ccccc2-c2cc3c(ccc4cc(-c5cc(-c6ccccc6)nc(-c6ccc(-c7ccccc7)cc6)n5)ccc43)cc21. The van der Waals surface area contributed by atoms with Gasteiger partial charge in [-0.2, -0.15) is 0 Å². The summed E-state index contributed by atoms with van der Waals surface area (Å²) in [5.41, 5.74) is 12.8. The molecule has 0 amide bonds. The molecule has 1 heterocycles. The summed E-state index contributed by atoms with van der Waals surface area (Å²) in [6, 6.07) is 56.5. The molecule has 1 aliphatic carbocycles. The predicted octanol–water partition coefficient (Wildman–Crippen LogP) is 11.8. The highest BCUT2D eigenvalue weighted by atomic mass is 14.9. The van der Waals surface area contributed by atoms with Gasteiger partial charge < -0.3 is 0 Å². The van der Waals surface area contributed by atoms with E-state index in [0.717, 1.165) is 33.9 Å². The number of aromatic nitrogens is 2. The van der Waals surface area contributed by atoms with Crippen molar-refractivity contribution in [2.75, 3.05) is 0 Å². The molecule has 9 rings (SSSR count). The van der Waals surface area contributed by atoms with Crippen LogP contribution in [0, 0.1) is 0 Å². The van der Waals surface area contributed by atoms with Gasteiger partial charge in [-0.15, -0.1) is 0 Å². The molecule has 0 spiro atoms. The van der Waals surface area contributed by atoms with Crippen molar-refractivity contribution >= 4 is 21.5 Å². The number of fused-ring (bicyclic) bond motifs is 6. The summed E-state index contributed by atoms with van der Waals surface area (Å²) in [7, 11) is 0. The van der Waals surface area contributed by atoms with Gasteiger partial charge in [0, 0.05) is 22.1 Å². The largest absolute Gasteiger partial charge is 0.228 e. The van der Waals surface area contributed by atoms with Gasteiger partial charge >= 0.3 is 0 Å². The van der Waals surface area contributed by atoms with Crippen molar-refractivity contribution in [1.29, 1.82) is 0 Å². The lowest BCUT2D eigenvalue weighted by molar-refractivity contribution is 0.661. The molecule has 1 aromatic heterocycles. The molecule has 0 atom stereocenters. The molecule has 0 radical (unpaired) electrons. The first-order valence-corrected chi connectivity index (χ1v) is 16.2. The molecule has 47 heavy (non-hydrogen) atoms. The summed E-state index contributed by atoms with van der Waals surface area (Å²) in [5, 5.41) is 5.02. The maximum Gasteiger partial charge on any atom is 0.160 e. The predicted molar refractivity (Wildman–Crippen MR) is 196 cm³/mol. The van der Waals surface area contributed by atoms with Gasteiger partial charge in [0.05, 0.1) is 11.4 Å². The second-order valence-electron chi connectivity index (χ2n) is 13.1. The Morgan fingerprint density at radius 2 is 0.957 bits per heavy atom. The van der Waals surface area contributed by atoms with Crippen molar-refractivity contribution in [1.82, 2.24) is 9.97 Å². The quantitative estimate of drug-likeness (QED) is 0.188. The molecule has 2 nitrogen and oxygen atoms in total. The Hall–Kier alpha value is -5.86. The van der Waals surface area contributed by atoms with E-state index in [1.54, 1.807) is 0 Å². The molecule has 1 aliphatic rings. The molecule has 0 unspecified atom stereocenters. The summed E-state index contributed by atoms with van der Waals surface area (Å²) < 4.78 is 0. The van der Waals surface area contributed by atoms with Crippen molar-refractivity contribution in [2.24, 2.45) is 0 Å². The Kier molecular flexibility index (Phi) is 6.20. The van der Waals surface area contributed by atoms with E-state index in [-0.39, 0.29) is 5.41 Å². The zero-order valence-electron chi connectivity index (χ0n) is 26.4. The number of hydrogen-bond acceptors (Lipinski definition) is 2. The van der Waals surface area contributed by atoms with Crippen LogP contribution in [0.25, 0.3) is 77.7 Å². The molecule has 0 saturated heterocycles. The van der Waals surface area contributed by atoms with Crippen LogP contribution >= 0.6 is 0 Å². The molecule has 0 fully saturated rings. The third-order valence-electron chi connectivity index (χ3n) is 9.88. The molecule has 0 N–H and O–H groups in total. The van der Waals surface area contributed by atoms with E-state index in [9.17, 15) is 0 Å². The van der Waals surface area contributed by atoms with E-state index in [4.69, 9.17) is 9.97 Å². The molecule has 0 saturated carbocycles. The van der Waals surface area contributed by atoms with E-state index < -0.39 is 0 Å². The van der Waals surface area contributed by atoms with Gasteiger partial charge in [0.15, 0.2) is 5.82 Å². The van der Waals surface area contributed by atoms with Crippen LogP contribution < -0.4 is 0 Å². The van der Waals surface area contributed by atoms with Gasteiger partial charge in [-0.25, -0.2) is 9.97 Å². The Balaban J connectivity index is 1.17. The van der Waals surface area contributed by atoms with Gasteiger partial charge in [-0.3, -0.25) is 0 Å². The van der Waals surface area contributed by atoms with Crippen LogP contribution in [-0.4, -0.2) is 9.97 Å². The van der Waals surface area contributed by atoms with Crippen LogP contribution in [0.3, 0.4) is 0 Å². The maximum absolute atomic E-state index is 5.15. The number of benzene rings is 7. The van der Waals surface area contributed by atoms with Gasteiger partial charge in [-0.1, -0.05) is 147 Å². The van der Waals surface area contributed by atoms with Crippen LogP contribution in [-0.2, 0) is 5.41 Å². The lowest BCUT2D eigenvalue weighted by atomic mass is 9.81. The number of hydrogen-bond donors (Lipinski definition) is 0. The van der Waals surface area contributed by atoms with Gasteiger partial charge in [0.25, 0.3) is 0 Å². The minimum Gasteiger partial charge on any atom is -0.228 e. The lowest BCUT2D eigenvalue weighted by Crippen LogP contribution is -2.14. The topological polar surface area (TPSA) is 25.8 Å². The summed E-state index contributed by atoms with van der Waals surface area (Å²) in [4.78, 5) is 10.2. The van der Waals surface area contributed by atoms with Crippen molar-refractivity contribution in [3.05, 3.63) is 169 Å². The molecule has 0 aliphatic heterocycles. The molecule has 7 aromatic carbocycles. The minimum absolute atomic E-state index is 0.0119. The first kappa shape index (κ1) is 27.5. The lowest BCUT2D eigenvalue weighted by Gasteiger charge is -2.21. The molecular weight excluding hydrogens is 569 g/mol. The normalized spacial score (nSPS) is 13.1. The Morgan fingerprint density at radius 1 is 0.383 bits per heavy atom. The Labute approximate surface area is 275 Å². The van der Waals surface area contributed by atoms with Crippen LogP contribution in [0.2, 0.25) is 0 Å². The third-order valence-corrected chi connectivity index (χ3v) is 9.88. The Morgan fingerprint density at radius 3 is 1.70 bits per heavy atom. The molecule has 8 aromatic rings. The van der Waals surface area contributed by atoms with Crippen molar-refractivity contribution < 1.29 is 0 Å². The molecule has 0 bridgehead atoms. The fourth-order valence-electron chi connectivity index (χ4n) is 7.34. The van der Waals surface area contributed by atoms with Gasteiger partial charge in [-0.05, 0) is 79.2 Å². The highest BCUT2D eigenvalue weighted by Crippen LogP contribution is 2.50. The fraction of sp³-hybridized carbons (Fsp3) is 0.0667. The van der Waals surface area contributed by atoms with E-state index in [1.165, 1.54) is 54.9 Å². The summed E-state index contributed by atoms with van der Waals surface area (Å²) >= 11 is 0. The zero-order chi connectivity index (χ0) is 31.5. The van der Waals surface area contributed by atoms with Gasteiger partial charge in [0.2, 0.25) is 0 Å². The summed E-state index contributed by atoms with van der Waals surface area (Å²) in [5.74, 6) is 0.719. The van der Waals surface area contributed by atoms with Crippen molar-refractivity contribution in [3.8, 4) is 56.2 Å². The first-order valence-electron chi connectivity index (χ1n) is 16.2. The molecular formula is C45H32N2. The van der Waals surface area contributed by atoms with E-state index in [2.05, 4.69) is 159 Å². The van der Waals surface area contributed by atoms with Crippen molar-refractivity contribution in [2.45, 2.75) is 19.3 Å². The number of nitrogens with zero attached hydrogens (tertiary/aromatic N) is 2. The van der Waals surface area contributed by atoms with Crippen LogP contribution in [0.5, 0.6) is 0 Å². The molecule has 2 heteroatoms. The smallest absolute Gasteiger partial charge is 0.160 e. The van der Waals surface area contributed by atoms with Crippen molar-refractivity contribution in [3.63, 3.8) is 0 Å². The zero-order valence-corrected chi connectivity index (χ0v) is 26.4. The second kappa shape index (κ2) is 10.6. The van der Waals surface area contributed by atoms with E-state index in [0.29, 0.717) is 0 Å². The minimum atomic E-state index is -0.0119. The fourth-order valence-corrected chi connectivity index (χ4v) is 7.34. The molecule has 222 valence electrons. The summed E-state index contributed by atoms with van der Waals surface area (Å²) in [6.45, 7) is 4.68. The van der Waals surface area contributed by atoms with E-state index >= 15 is 0 Å². The first-order chi connectivity index (χ1) is 23.0. The Bertz CT molecular complexity index is 2460. The van der Waals surface area contributed by atoms with Crippen LogP contribution in [0.4, 0.5) is 0 Å².